The van der Waals surface area contributed by atoms with Gasteiger partial charge in [-0.15, -0.1) is 0 Å². The number of hydrogen-bond acceptors (Lipinski definition) is 2. The highest BCUT2D eigenvalue weighted by Crippen LogP contribution is 2.28. The van der Waals surface area contributed by atoms with Crippen LogP contribution >= 0.6 is 0 Å². The number of ether oxygens (including phenoxy) is 2. The molecule has 0 bridgehead atoms. The molecule has 0 aliphatic rings. The second-order valence-electron chi connectivity index (χ2n) is 2.43. The van der Waals surface area contributed by atoms with Crippen LogP contribution in [0, 0.1) is 13.8 Å². The SMILES string of the molecule is [2H]Cc1c(OC)ccc(OC)c1C[2H]. The monoisotopic (exact) mass is 168 g/mol. The molecule has 0 unspecified atom stereocenters. The molecule has 0 saturated carbocycles. The summed E-state index contributed by atoms with van der Waals surface area (Å²) in [6.45, 7) is 0.211. The Labute approximate surface area is 75.9 Å². The van der Waals surface area contributed by atoms with Crippen LogP contribution in [0.5, 0.6) is 11.5 Å². The first-order valence-electron chi connectivity index (χ1n) is 5.01. The third kappa shape index (κ3) is 1.37. The zero-order valence-corrected chi connectivity index (χ0v) is 7.39. The van der Waals surface area contributed by atoms with Crippen LogP contribution in [0.3, 0.4) is 0 Å². The van der Waals surface area contributed by atoms with E-state index in [1.807, 2.05) is 0 Å². The van der Waals surface area contributed by atoms with Crippen molar-refractivity contribution in [3.8, 4) is 11.5 Å². The Kier molecular flexibility index (Phi) is 1.84. The van der Waals surface area contributed by atoms with Gasteiger partial charge in [0.15, 0.2) is 0 Å². The van der Waals surface area contributed by atoms with Crippen LogP contribution in [0.15, 0.2) is 12.1 Å². The number of rotatable bonds is 2. The third-order valence-electron chi connectivity index (χ3n) is 1.79. The first kappa shape index (κ1) is 6.35. The lowest BCUT2D eigenvalue weighted by atomic mass is 10.1. The summed E-state index contributed by atoms with van der Waals surface area (Å²) in [4.78, 5) is 0. The molecule has 0 saturated heterocycles. The molecule has 0 N–H and O–H groups in total. The van der Waals surface area contributed by atoms with Gasteiger partial charge in [0, 0.05) is 2.74 Å². The van der Waals surface area contributed by atoms with Gasteiger partial charge in [0.25, 0.3) is 0 Å². The Hall–Kier alpha value is -1.18. The summed E-state index contributed by atoms with van der Waals surface area (Å²) in [7, 11) is 3.13. The van der Waals surface area contributed by atoms with Crippen LogP contribution < -0.4 is 9.47 Å². The van der Waals surface area contributed by atoms with E-state index in [0.717, 1.165) is 11.1 Å². The Bertz CT molecular complexity index is 282. The maximum Gasteiger partial charge on any atom is 0.122 e. The summed E-state index contributed by atoms with van der Waals surface area (Å²) < 4.78 is 25.0. The fourth-order valence-corrected chi connectivity index (χ4v) is 1.03. The van der Waals surface area contributed by atoms with E-state index in [0.29, 0.717) is 11.5 Å². The van der Waals surface area contributed by atoms with E-state index in [9.17, 15) is 0 Å². The van der Waals surface area contributed by atoms with E-state index in [2.05, 4.69) is 0 Å². The van der Waals surface area contributed by atoms with E-state index in [1.54, 1.807) is 26.4 Å². The van der Waals surface area contributed by atoms with Gasteiger partial charge in [-0.05, 0) is 37.1 Å². The van der Waals surface area contributed by atoms with Crippen molar-refractivity contribution in [2.45, 2.75) is 13.8 Å². The van der Waals surface area contributed by atoms with Gasteiger partial charge in [0.2, 0.25) is 0 Å². The van der Waals surface area contributed by atoms with E-state index in [4.69, 9.17) is 12.2 Å². The predicted molar refractivity (Wildman–Crippen MR) is 49.0 cm³/mol. The molecule has 2 nitrogen and oxygen atoms in total. The summed E-state index contributed by atoms with van der Waals surface area (Å²) in [6, 6.07) is 3.53. The Morgan fingerprint density at radius 2 is 1.42 bits per heavy atom. The lowest BCUT2D eigenvalue weighted by molar-refractivity contribution is 0.398. The molecule has 0 radical (unpaired) electrons. The molecule has 0 aliphatic heterocycles. The van der Waals surface area contributed by atoms with Crippen LogP contribution in [0.4, 0.5) is 0 Å². The largest absolute Gasteiger partial charge is 0.496 e. The molecule has 0 fully saturated rings. The molecule has 66 valence electrons. The molecule has 12 heavy (non-hydrogen) atoms. The van der Waals surface area contributed by atoms with Crippen molar-refractivity contribution in [2.75, 3.05) is 14.2 Å². The smallest absolute Gasteiger partial charge is 0.122 e. The van der Waals surface area contributed by atoms with Gasteiger partial charge in [0.1, 0.15) is 11.5 Å². The summed E-state index contributed by atoms with van der Waals surface area (Å²) in [6.07, 6.45) is 0. The second-order valence-corrected chi connectivity index (χ2v) is 2.43. The van der Waals surface area contributed by atoms with E-state index in [-0.39, 0.29) is 13.8 Å². The molecule has 0 amide bonds. The third-order valence-corrected chi connectivity index (χ3v) is 1.79. The zero-order valence-electron chi connectivity index (χ0n) is 9.39. The van der Waals surface area contributed by atoms with Crippen molar-refractivity contribution in [2.24, 2.45) is 0 Å². The molecular weight excluding hydrogens is 152 g/mol. The second kappa shape index (κ2) is 3.48. The van der Waals surface area contributed by atoms with Crippen LogP contribution in [0.2, 0.25) is 0 Å². The maximum atomic E-state index is 7.38. The first-order valence-corrected chi connectivity index (χ1v) is 3.59. The Morgan fingerprint density at radius 1 is 1.00 bits per heavy atom. The highest BCUT2D eigenvalue weighted by molar-refractivity contribution is 5.46. The molecule has 1 aromatic carbocycles. The van der Waals surface area contributed by atoms with Crippen LogP contribution in [-0.4, -0.2) is 14.2 Å². The molecule has 0 heterocycles. The molecule has 0 aromatic heterocycles. The highest BCUT2D eigenvalue weighted by atomic mass is 16.5. The summed E-state index contributed by atoms with van der Waals surface area (Å²) >= 11 is 0. The Balaban J connectivity index is 3.28. The fourth-order valence-electron chi connectivity index (χ4n) is 1.03. The Morgan fingerprint density at radius 3 is 1.67 bits per heavy atom. The zero-order chi connectivity index (χ0) is 10.6. The summed E-state index contributed by atoms with van der Waals surface area (Å²) in [5, 5.41) is 0. The minimum absolute atomic E-state index is 0.106. The number of methoxy groups -OCH3 is 2. The van der Waals surface area contributed by atoms with Crippen LogP contribution in [-0.2, 0) is 0 Å². The first-order chi connectivity index (χ1) is 6.78. The van der Waals surface area contributed by atoms with Crippen molar-refractivity contribution < 1.29 is 12.2 Å². The number of hydrogen-bond donors (Lipinski definition) is 0. The maximum absolute atomic E-state index is 7.38. The van der Waals surface area contributed by atoms with Crippen molar-refractivity contribution in [1.82, 2.24) is 0 Å². The fraction of sp³-hybridized carbons (Fsp3) is 0.400. The molecular formula is C10H14O2. The van der Waals surface area contributed by atoms with E-state index in [1.165, 1.54) is 0 Å². The predicted octanol–water partition coefficient (Wildman–Crippen LogP) is 2.32. The molecule has 2 heteroatoms. The normalized spacial score (nSPS) is 11.8. The molecule has 0 atom stereocenters. The van der Waals surface area contributed by atoms with Gasteiger partial charge in [0.05, 0.1) is 14.2 Å². The van der Waals surface area contributed by atoms with Crippen molar-refractivity contribution >= 4 is 0 Å². The van der Waals surface area contributed by atoms with Crippen molar-refractivity contribution in [3.63, 3.8) is 0 Å². The van der Waals surface area contributed by atoms with Crippen molar-refractivity contribution in [3.05, 3.63) is 23.3 Å². The molecule has 0 spiro atoms. The van der Waals surface area contributed by atoms with Gasteiger partial charge in [-0.1, -0.05) is 0 Å². The molecule has 0 aliphatic carbocycles. The van der Waals surface area contributed by atoms with Crippen LogP contribution in [0.25, 0.3) is 0 Å². The van der Waals surface area contributed by atoms with Crippen LogP contribution in [0.1, 0.15) is 13.9 Å². The summed E-state index contributed by atoms with van der Waals surface area (Å²) in [5.74, 6) is 1.31. The lowest BCUT2D eigenvalue weighted by Gasteiger charge is -2.10. The quantitative estimate of drug-likeness (QED) is 0.674. The average molecular weight is 168 g/mol. The topological polar surface area (TPSA) is 18.5 Å². The molecule has 1 aromatic rings. The van der Waals surface area contributed by atoms with Crippen molar-refractivity contribution in [1.29, 1.82) is 0 Å². The minimum Gasteiger partial charge on any atom is -0.496 e. The summed E-state index contributed by atoms with van der Waals surface area (Å²) in [5.41, 5.74) is 1.48. The van der Waals surface area contributed by atoms with Gasteiger partial charge in [-0.25, -0.2) is 0 Å². The number of benzene rings is 1. The van der Waals surface area contributed by atoms with E-state index >= 15 is 0 Å². The standard InChI is InChI=1S/C10H14O2/c1-7-8(2)10(12-4)6-5-9(7)11-3/h5-6H,1-4H3/i1D,2D. The van der Waals surface area contributed by atoms with Gasteiger partial charge in [-0.3, -0.25) is 0 Å². The highest BCUT2D eigenvalue weighted by Gasteiger charge is 2.05. The van der Waals surface area contributed by atoms with Gasteiger partial charge < -0.3 is 9.47 Å². The molecule has 1 rings (SSSR count). The minimum atomic E-state index is 0.106. The van der Waals surface area contributed by atoms with Gasteiger partial charge >= 0.3 is 0 Å². The lowest BCUT2D eigenvalue weighted by Crippen LogP contribution is -1.93. The average Bonchev–Trinajstić information content (AvgIpc) is 2.26. The van der Waals surface area contributed by atoms with Gasteiger partial charge in [-0.2, -0.15) is 0 Å². The van der Waals surface area contributed by atoms with E-state index < -0.39 is 0 Å².